The van der Waals surface area contributed by atoms with Crippen LogP contribution in [0.25, 0.3) is 0 Å². The molecular formula is C27H38N2O4. The summed E-state index contributed by atoms with van der Waals surface area (Å²) in [5, 5.41) is 6.15. The van der Waals surface area contributed by atoms with Gasteiger partial charge in [-0.3, -0.25) is 9.59 Å². The number of methoxy groups -OCH3 is 2. The van der Waals surface area contributed by atoms with E-state index in [0.717, 1.165) is 38.5 Å². The molecule has 2 aromatic carbocycles. The number of benzene rings is 2. The average molecular weight is 455 g/mol. The quantitative estimate of drug-likeness (QED) is 0.383. The van der Waals surface area contributed by atoms with Crippen molar-refractivity contribution in [3.63, 3.8) is 0 Å². The van der Waals surface area contributed by atoms with Crippen LogP contribution in [0, 0.1) is 5.41 Å². The third-order valence-corrected chi connectivity index (χ3v) is 6.27. The van der Waals surface area contributed by atoms with Gasteiger partial charge in [0.2, 0.25) is 0 Å². The Hall–Kier alpha value is -3.02. The van der Waals surface area contributed by atoms with Gasteiger partial charge in [0.1, 0.15) is 11.5 Å². The SMILES string of the molecule is CCCCC(CC)(CCCNC(=O)c1cccc(OC)c1)CNC(=O)c1cccc(OC)c1. The van der Waals surface area contributed by atoms with Crippen LogP contribution in [0.4, 0.5) is 0 Å². The number of carbonyl (C=O) groups is 2. The van der Waals surface area contributed by atoms with Crippen LogP contribution < -0.4 is 20.1 Å². The number of hydrogen-bond donors (Lipinski definition) is 2. The second-order valence-electron chi connectivity index (χ2n) is 8.46. The van der Waals surface area contributed by atoms with E-state index in [1.54, 1.807) is 38.5 Å². The van der Waals surface area contributed by atoms with Crippen molar-refractivity contribution < 1.29 is 19.1 Å². The molecule has 2 rings (SSSR count). The highest BCUT2D eigenvalue weighted by molar-refractivity contribution is 5.95. The lowest BCUT2D eigenvalue weighted by molar-refractivity contribution is 0.0916. The van der Waals surface area contributed by atoms with Gasteiger partial charge in [-0.25, -0.2) is 0 Å². The van der Waals surface area contributed by atoms with Gasteiger partial charge < -0.3 is 20.1 Å². The Morgan fingerprint density at radius 2 is 1.36 bits per heavy atom. The van der Waals surface area contributed by atoms with Gasteiger partial charge in [-0.15, -0.1) is 0 Å². The van der Waals surface area contributed by atoms with E-state index >= 15 is 0 Å². The minimum Gasteiger partial charge on any atom is -0.497 e. The highest BCUT2D eigenvalue weighted by Gasteiger charge is 2.28. The number of hydrogen-bond acceptors (Lipinski definition) is 4. The van der Waals surface area contributed by atoms with E-state index in [4.69, 9.17) is 9.47 Å². The number of unbranched alkanes of at least 4 members (excludes halogenated alkanes) is 1. The van der Waals surface area contributed by atoms with Crippen molar-refractivity contribution in [1.29, 1.82) is 0 Å². The minimum absolute atomic E-state index is 0.00519. The first-order valence-electron chi connectivity index (χ1n) is 11.8. The molecule has 2 N–H and O–H groups in total. The van der Waals surface area contributed by atoms with Gasteiger partial charge in [-0.2, -0.15) is 0 Å². The average Bonchev–Trinajstić information content (AvgIpc) is 2.87. The number of rotatable bonds is 14. The molecule has 0 aliphatic heterocycles. The minimum atomic E-state index is -0.101. The molecule has 1 unspecified atom stereocenters. The molecule has 0 saturated heterocycles. The maximum atomic E-state index is 12.7. The molecule has 6 heteroatoms. The molecule has 0 aromatic heterocycles. The summed E-state index contributed by atoms with van der Waals surface area (Å²) in [7, 11) is 3.18. The fraction of sp³-hybridized carbons (Fsp3) is 0.481. The van der Waals surface area contributed by atoms with Crippen LogP contribution in [0.15, 0.2) is 48.5 Å². The van der Waals surface area contributed by atoms with E-state index in [1.165, 1.54) is 0 Å². The molecule has 180 valence electrons. The van der Waals surface area contributed by atoms with Gasteiger partial charge in [0.15, 0.2) is 0 Å². The van der Waals surface area contributed by atoms with E-state index in [0.29, 0.717) is 35.7 Å². The molecule has 0 bridgehead atoms. The summed E-state index contributed by atoms with van der Waals surface area (Å²) in [4.78, 5) is 25.2. The first-order chi connectivity index (χ1) is 16.0. The lowest BCUT2D eigenvalue weighted by Gasteiger charge is -2.33. The van der Waals surface area contributed by atoms with Crippen molar-refractivity contribution >= 4 is 11.8 Å². The van der Waals surface area contributed by atoms with Crippen LogP contribution in [-0.4, -0.2) is 39.1 Å². The van der Waals surface area contributed by atoms with E-state index in [-0.39, 0.29) is 17.2 Å². The predicted octanol–water partition coefficient (Wildman–Crippen LogP) is 5.23. The Morgan fingerprint density at radius 3 is 1.88 bits per heavy atom. The summed E-state index contributed by atoms with van der Waals surface area (Å²) in [6.07, 6.45) is 6.01. The van der Waals surface area contributed by atoms with Crippen LogP contribution >= 0.6 is 0 Å². The van der Waals surface area contributed by atoms with Crippen LogP contribution in [0.1, 0.15) is 73.1 Å². The molecule has 0 saturated carbocycles. The van der Waals surface area contributed by atoms with E-state index in [9.17, 15) is 9.59 Å². The van der Waals surface area contributed by atoms with Crippen LogP contribution in [0.2, 0.25) is 0 Å². The van der Waals surface area contributed by atoms with Crippen LogP contribution in [-0.2, 0) is 0 Å². The predicted molar refractivity (Wildman–Crippen MR) is 132 cm³/mol. The molecule has 0 heterocycles. The lowest BCUT2D eigenvalue weighted by Crippen LogP contribution is -2.38. The van der Waals surface area contributed by atoms with Crippen molar-refractivity contribution in [2.24, 2.45) is 5.41 Å². The molecular weight excluding hydrogens is 416 g/mol. The Kier molecular flexibility index (Phi) is 10.7. The summed E-state index contributed by atoms with van der Waals surface area (Å²) in [6, 6.07) is 14.3. The number of amides is 2. The molecule has 2 amide bonds. The monoisotopic (exact) mass is 454 g/mol. The zero-order chi connectivity index (χ0) is 24.1. The van der Waals surface area contributed by atoms with Crippen molar-refractivity contribution in [3.8, 4) is 11.5 Å². The van der Waals surface area contributed by atoms with E-state index in [1.807, 2.05) is 24.3 Å². The second kappa shape index (κ2) is 13.5. The van der Waals surface area contributed by atoms with Crippen molar-refractivity contribution in [1.82, 2.24) is 10.6 Å². The summed E-state index contributed by atoms with van der Waals surface area (Å²) in [5.41, 5.74) is 1.19. The zero-order valence-corrected chi connectivity index (χ0v) is 20.4. The number of carbonyl (C=O) groups excluding carboxylic acids is 2. The fourth-order valence-electron chi connectivity index (χ4n) is 4.00. The topological polar surface area (TPSA) is 76.7 Å². The number of ether oxygens (including phenoxy) is 2. The standard InChI is InChI=1S/C27H38N2O4/c1-5-7-15-27(6-2,20-29-26(31)22-12-9-14-24(19-22)33-4)16-10-17-28-25(30)21-11-8-13-23(18-21)32-3/h8-9,11-14,18-19H,5-7,10,15-17,20H2,1-4H3,(H,28,30)(H,29,31). The normalized spacial score (nSPS) is 12.5. The van der Waals surface area contributed by atoms with Gasteiger partial charge in [-0.05, 0) is 67.5 Å². The summed E-state index contributed by atoms with van der Waals surface area (Å²) in [5.74, 6) is 1.14. The first-order valence-corrected chi connectivity index (χ1v) is 11.8. The highest BCUT2D eigenvalue weighted by Crippen LogP contribution is 2.33. The van der Waals surface area contributed by atoms with Crippen molar-refractivity contribution in [2.45, 2.75) is 52.4 Å². The van der Waals surface area contributed by atoms with Gasteiger partial charge in [0.05, 0.1) is 14.2 Å². The van der Waals surface area contributed by atoms with Gasteiger partial charge in [0.25, 0.3) is 11.8 Å². The Morgan fingerprint density at radius 1 is 0.818 bits per heavy atom. The maximum absolute atomic E-state index is 12.7. The van der Waals surface area contributed by atoms with Crippen LogP contribution in [0.3, 0.4) is 0 Å². The second-order valence-corrected chi connectivity index (χ2v) is 8.46. The number of nitrogens with one attached hydrogen (secondary N) is 2. The Balaban J connectivity index is 1.93. The fourth-order valence-corrected chi connectivity index (χ4v) is 4.00. The molecule has 0 aliphatic carbocycles. The van der Waals surface area contributed by atoms with Gasteiger partial charge >= 0.3 is 0 Å². The van der Waals surface area contributed by atoms with Gasteiger partial charge in [-0.1, -0.05) is 38.8 Å². The largest absolute Gasteiger partial charge is 0.497 e. The maximum Gasteiger partial charge on any atom is 0.251 e. The third-order valence-electron chi connectivity index (χ3n) is 6.27. The van der Waals surface area contributed by atoms with Crippen LogP contribution in [0.5, 0.6) is 11.5 Å². The molecule has 0 spiro atoms. The molecule has 2 aromatic rings. The molecule has 6 nitrogen and oxygen atoms in total. The van der Waals surface area contributed by atoms with Crippen molar-refractivity contribution in [2.75, 3.05) is 27.3 Å². The summed E-state index contributed by atoms with van der Waals surface area (Å²) < 4.78 is 10.4. The summed E-state index contributed by atoms with van der Waals surface area (Å²) >= 11 is 0. The smallest absolute Gasteiger partial charge is 0.251 e. The van der Waals surface area contributed by atoms with Gasteiger partial charge in [0, 0.05) is 24.2 Å². The molecule has 33 heavy (non-hydrogen) atoms. The third kappa shape index (κ3) is 8.12. The molecule has 1 atom stereocenters. The Bertz CT molecular complexity index is 899. The summed E-state index contributed by atoms with van der Waals surface area (Å²) in [6.45, 7) is 5.57. The Labute approximate surface area is 198 Å². The van der Waals surface area contributed by atoms with Crippen molar-refractivity contribution in [3.05, 3.63) is 59.7 Å². The van der Waals surface area contributed by atoms with E-state index in [2.05, 4.69) is 24.5 Å². The molecule has 0 radical (unpaired) electrons. The first kappa shape index (κ1) is 26.2. The van der Waals surface area contributed by atoms with E-state index < -0.39 is 0 Å². The molecule has 0 fully saturated rings. The zero-order valence-electron chi connectivity index (χ0n) is 20.4. The lowest BCUT2D eigenvalue weighted by atomic mass is 9.76. The highest BCUT2D eigenvalue weighted by atomic mass is 16.5. The molecule has 0 aliphatic rings.